The molecule has 0 spiro atoms. The van der Waals surface area contributed by atoms with Crippen LogP contribution in [0.1, 0.15) is 44.5 Å². The highest BCUT2D eigenvalue weighted by Gasteiger charge is 2.26. The zero-order chi connectivity index (χ0) is 18.8. The van der Waals surface area contributed by atoms with E-state index in [0.29, 0.717) is 17.0 Å². The van der Waals surface area contributed by atoms with E-state index in [1.165, 1.54) is 16.8 Å². The summed E-state index contributed by atoms with van der Waals surface area (Å²) in [7, 11) is 1.34. The van der Waals surface area contributed by atoms with Crippen LogP contribution in [0.3, 0.4) is 0 Å². The fraction of sp³-hybridized carbons (Fsp3) is 0.286. The molecule has 3 aromatic rings. The van der Waals surface area contributed by atoms with Gasteiger partial charge in [0.15, 0.2) is 0 Å². The van der Waals surface area contributed by atoms with Crippen LogP contribution >= 0.6 is 11.3 Å². The quantitative estimate of drug-likeness (QED) is 0.642. The highest BCUT2D eigenvalue weighted by Crippen LogP contribution is 2.34. The smallest absolute Gasteiger partial charge is 0.337 e. The van der Waals surface area contributed by atoms with Crippen molar-refractivity contribution in [1.82, 2.24) is 9.88 Å². The Kier molecular flexibility index (Phi) is 4.90. The summed E-state index contributed by atoms with van der Waals surface area (Å²) in [5.74, 6) is 0.0213. The summed E-state index contributed by atoms with van der Waals surface area (Å²) in [6, 6.07) is 14.8. The number of methoxy groups -OCH3 is 1. The topological polar surface area (TPSA) is 59.5 Å². The van der Waals surface area contributed by atoms with E-state index in [2.05, 4.69) is 10.8 Å². The Morgan fingerprint density at radius 2 is 1.70 bits per heavy atom. The highest BCUT2D eigenvalue weighted by atomic mass is 32.1. The Morgan fingerprint density at radius 3 is 2.37 bits per heavy atom. The van der Waals surface area contributed by atoms with Gasteiger partial charge in [-0.15, -0.1) is 11.3 Å². The van der Waals surface area contributed by atoms with Crippen LogP contribution in [0, 0.1) is 0 Å². The maximum Gasteiger partial charge on any atom is 0.337 e. The molecule has 0 radical (unpaired) electrons. The van der Waals surface area contributed by atoms with Crippen molar-refractivity contribution in [2.45, 2.75) is 18.8 Å². The molecule has 1 fully saturated rings. The number of piperidine rings is 1. The van der Waals surface area contributed by atoms with Gasteiger partial charge in [0.2, 0.25) is 0 Å². The van der Waals surface area contributed by atoms with Crippen LogP contribution in [0.15, 0.2) is 48.5 Å². The van der Waals surface area contributed by atoms with Gasteiger partial charge in [-0.2, -0.15) is 0 Å². The average molecular weight is 380 g/mol. The number of rotatable bonds is 3. The molecule has 0 atom stereocenters. The Labute approximate surface area is 161 Å². The summed E-state index contributed by atoms with van der Waals surface area (Å²) in [5, 5.41) is 1.17. The molecule has 1 aromatic heterocycles. The summed E-state index contributed by atoms with van der Waals surface area (Å²) in [6.45, 7) is 1.44. The number of benzene rings is 2. The molecular weight excluding hydrogens is 360 g/mol. The lowest BCUT2D eigenvalue weighted by Crippen LogP contribution is -2.37. The number of likely N-dealkylation sites (tertiary alicyclic amines) is 1. The fourth-order valence-electron chi connectivity index (χ4n) is 3.44. The number of nitrogens with zero attached hydrogens (tertiary/aromatic N) is 2. The Bertz CT molecular complexity index is 940. The summed E-state index contributed by atoms with van der Waals surface area (Å²) in [4.78, 5) is 30.9. The predicted octanol–water partition coefficient (Wildman–Crippen LogP) is 4.10. The molecule has 4 rings (SSSR count). The molecule has 27 heavy (non-hydrogen) atoms. The number of aromatic nitrogens is 1. The van der Waals surface area contributed by atoms with Gasteiger partial charge in [0.1, 0.15) is 0 Å². The van der Waals surface area contributed by atoms with Crippen LogP contribution in [0.4, 0.5) is 0 Å². The van der Waals surface area contributed by atoms with Crippen molar-refractivity contribution in [3.63, 3.8) is 0 Å². The SMILES string of the molecule is COC(=O)c1ccc(C(=O)N2CCC(c3nc4ccccc4s3)CC2)cc1. The van der Waals surface area contributed by atoms with Gasteiger partial charge in [-0.25, -0.2) is 9.78 Å². The summed E-state index contributed by atoms with van der Waals surface area (Å²) in [5.41, 5.74) is 2.10. The van der Waals surface area contributed by atoms with Crippen molar-refractivity contribution in [3.05, 3.63) is 64.7 Å². The second kappa shape index (κ2) is 7.48. The summed E-state index contributed by atoms with van der Waals surface area (Å²) in [6.07, 6.45) is 1.84. The number of thiazole rings is 1. The van der Waals surface area contributed by atoms with Crippen molar-refractivity contribution in [1.29, 1.82) is 0 Å². The van der Waals surface area contributed by atoms with Crippen molar-refractivity contribution in [2.75, 3.05) is 20.2 Å². The minimum Gasteiger partial charge on any atom is -0.465 e. The average Bonchev–Trinajstić information content (AvgIpc) is 3.17. The third-order valence-corrected chi connectivity index (χ3v) is 6.19. The second-order valence-electron chi connectivity index (χ2n) is 6.66. The molecule has 0 N–H and O–H groups in total. The lowest BCUT2D eigenvalue weighted by atomic mass is 9.97. The number of fused-ring (bicyclic) bond motifs is 1. The van der Waals surface area contributed by atoms with Crippen molar-refractivity contribution in [2.24, 2.45) is 0 Å². The second-order valence-corrected chi connectivity index (χ2v) is 7.72. The molecule has 138 valence electrons. The van der Waals surface area contributed by atoms with Gasteiger partial charge >= 0.3 is 5.97 Å². The van der Waals surface area contributed by atoms with Crippen LogP contribution < -0.4 is 0 Å². The van der Waals surface area contributed by atoms with E-state index in [9.17, 15) is 9.59 Å². The summed E-state index contributed by atoms with van der Waals surface area (Å²) >= 11 is 1.76. The van der Waals surface area contributed by atoms with Crippen LogP contribution in [0.5, 0.6) is 0 Å². The number of ether oxygens (including phenoxy) is 1. The van der Waals surface area contributed by atoms with E-state index in [4.69, 9.17) is 4.98 Å². The Balaban J connectivity index is 1.41. The molecule has 1 amide bonds. The Morgan fingerprint density at radius 1 is 1.04 bits per heavy atom. The molecule has 1 aliphatic rings. The number of para-hydroxylation sites is 1. The van der Waals surface area contributed by atoms with E-state index < -0.39 is 5.97 Å². The minimum atomic E-state index is -0.398. The molecule has 2 aromatic carbocycles. The first-order valence-electron chi connectivity index (χ1n) is 8.99. The first kappa shape index (κ1) is 17.7. The van der Waals surface area contributed by atoms with E-state index in [-0.39, 0.29) is 5.91 Å². The van der Waals surface area contributed by atoms with Gasteiger partial charge in [-0.05, 0) is 49.2 Å². The highest BCUT2D eigenvalue weighted by molar-refractivity contribution is 7.18. The van der Waals surface area contributed by atoms with Crippen LogP contribution in [-0.2, 0) is 4.74 Å². The first-order valence-corrected chi connectivity index (χ1v) is 9.80. The molecule has 1 aliphatic heterocycles. The van der Waals surface area contributed by atoms with Gasteiger partial charge in [-0.1, -0.05) is 12.1 Å². The summed E-state index contributed by atoms with van der Waals surface area (Å²) < 4.78 is 5.91. The number of esters is 1. The standard InChI is InChI=1S/C21H20N2O3S/c1-26-21(25)16-8-6-15(7-9-16)20(24)23-12-10-14(11-13-23)19-22-17-4-2-3-5-18(17)27-19/h2-9,14H,10-13H2,1H3. The van der Waals surface area contributed by atoms with Crippen molar-refractivity contribution < 1.29 is 14.3 Å². The van der Waals surface area contributed by atoms with Gasteiger partial charge in [0, 0.05) is 24.6 Å². The number of hydrogen-bond donors (Lipinski definition) is 0. The molecule has 0 unspecified atom stereocenters. The first-order chi connectivity index (χ1) is 13.2. The lowest BCUT2D eigenvalue weighted by molar-refractivity contribution is 0.0599. The molecule has 1 saturated heterocycles. The maximum atomic E-state index is 12.7. The van der Waals surface area contributed by atoms with E-state index >= 15 is 0 Å². The van der Waals surface area contributed by atoms with Gasteiger partial charge in [-0.3, -0.25) is 4.79 Å². The Hall–Kier alpha value is -2.73. The number of hydrogen-bond acceptors (Lipinski definition) is 5. The van der Waals surface area contributed by atoms with E-state index in [1.807, 2.05) is 23.1 Å². The molecule has 5 nitrogen and oxygen atoms in total. The van der Waals surface area contributed by atoms with E-state index in [1.54, 1.807) is 35.6 Å². The van der Waals surface area contributed by atoms with Crippen LogP contribution in [0.2, 0.25) is 0 Å². The molecule has 0 aliphatic carbocycles. The number of carbonyl (C=O) groups is 2. The zero-order valence-corrected chi connectivity index (χ0v) is 15.9. The van der Waals surface area contributed by atoms with E-state index in [0.717, 1.165) is 31.4 Å². The third-order valence-electron chi connectivity index (χ3n) is 4.99. The lowest BCUT2D eigenvalue weighted by Gasteiger charge is -2.31. The number of carbonyl (C=O) groups excluding carboxylic acids is 2. The molecule has 6 heteroatoms. The van der Waals surface area contributed by atoms with Gasteiger partial charge in [0.05, 0.1) is 27.9 Å². The largest absolute Gasteiger partial charge is 0.465 e. The number of amides is 1. The minimum absolute atomic E-state index is 0.00849. The molecular formula is C21H20N2O3S. The third kappa shape index (κ3) is 3.57. The molecule has 0 bridgehead atoms. The van der Waals surface area contributed by atoms with Crippen molar-refractivity contribution in [3.8, 4) is 0 Å². The predicted molar refractivity (Wildman–Crippen MR) is 105 cm³/mol. The molecule has 2 heterocycles. The van der Waals surface area contributed by atoms with Gasteiger partial charge in [0.25, 0.3) is 5.91 Å². The van der Waals surface area contributed by atoms with Crippen molar-refractivity contribution >= 4 is 33.4 Å². The van der Waals surface area contributed by atoms with Gasteiger partial charge < -0.3 is 9.64 Å². The zero-order valence-electron chi connectivity index (χ0n) is 15.1. The van der Waals surface area contributed by atoms with Crippen LogP contribution in [-0.4, -0.2) is 42.0 Å². The maximum absolute atomic E-state index is 12.7. The normalized spacial score (nSPS) is 15.1. The fourth-order valence-corrected chi connectivity index (χ4v) is 4.58. The molecule has 0 saturated carbocycles. The van der Waals surface area contributed by atoms with Crippen LogP contribution in [0.25, 0.3) is 10.2 Å². The monoisotopic (exact) mass is 380 g/mol.